The van der Waals surface area contributed by atoms with Gasteiger partial charge >= 0.3 is 0 Å². The predicted molar refractivity (Wildman–Crippen MR) is 139 cm³/mol. The summed E-state index contributed by atoms with van der Waals surface area (Å²) in [7, 11) is 2.26. The number of rotatable bonds is 7. The average Bonchev–Trinajstić information content (AvgIpc) is 3.30. The lowest BCUT2D eigenvalue weighted by Crippen LogP contribution is -2.49. The summed E-state index contributed by atoms with van der Waals surface area (Å²) in [6.07, 6.45) is 11.8. The minimum Gasteiger partial charge on any atom is -0.369 e. The van der Waals surface area contributed by atoms with Crippen molar-refractivity contribution >= 4 is 17.3 Å². The SMILES string of the molecule is Cc1cnc(Nc2ccc(N3CCC(N(C)C4CCC4)CC3)c(F)c2)nc1-c1cnn(C(C)C)c1. The molecule has 1 aliphatic carbocycles. The van der Waals surface area contributed by atoms with Gasteiger partial charge in [-0.3, -0.25) is 4.68 Å². The first kappa shape index (κ1) is 23.7. The average molecular weight is 478 g/mol. The molecular weight excluding hydrogens is 441 g/mol. The van der Waals surface area contributed by atoms with E-state index in [4.69, 9.17) is 4.98 Å². The first-order valence-corrected chi connectivity index (χ1v) is 12.8. The number of aromatic nitrogens is 4. The van der Waals surface area contributed by atoms with E-state index < -0.39 is 0 Å². The van der Waals surface area contributed by atoms with E-state index in [1.807, 2.05) is 36.1 Å². The summed E-state index contributed by atoms with van der Waals surface area (Å²) in [6, 6.07) is 6.96. The predicted octanol–water partition coefficient (Wildman–Crippen LogP) is 5.57. The Bertz CT molecular complexity index is 1160. The topological polar surface area (TPSA) is 62.1 Å². The van der Waals surface area contributed by atoms with Gasteiger partial charge in [-0.05, 0) is 77.3 Å². The van der Waals surface area contributed by atoms with E-state index >= 15 is 4.39 Å². The van der Waals surface area contributed by atoms with Gasteiger partial charge in [0.1, 0.15) is 5.82 Å². The number of aryl methyl sites for hydroxylation is 1. The third kappa shape index (κ3) is 5.03. The second kappa shape index (κ2) is 9.93. The zero-order valence-electron chi connectivity index (χ0n) is 21.2. The van der Waals surface area contributed by atoms with E-state index in [0.29, 0.717) is 23.4 Å². The molecule has 8 heteroatoms. The third-order valence-electron chi connectivity index (χ3n) is 7.61. The maximum Gasteiger partial charge on any atom is 0.227 e. The number of nitrogens with zero attached hydrogens (tertiary/aromatic N) is 6. The number of anilines is 3. The molecule has 1 aromatic carbocycles. The highest BCUT2D eigenvalue weighted by Gasteiger charge is 2.30. The smallest absolute Gasteiger partial charge is 0.227 e. The molecule has 0 bridgehead atoms. The largest absolute Gasteiger partial charge is 0.369 e. The third-order valence-corrected chi connectivity index (χ3v) is 7.61. The maximum atomic E-state index is 15.1. The highest BCUT2D eigenvalue weighted by atomic mass is 19.1. The molecule has 2 aliphatic rings. The van der Waals surface area contributed by atoms with Gasteiger partial charge in [0.2, 0.25) is 5.95 Å². The number of hydrogen-bond donors (Lipinski definition) is 1. The van der Waals surface area contributed by atoms with Crippen molar-refractivity contribution < 1.29 is 4.39 Å². The molecule has 0 amide bonds. The minimum atomic E-state index is -0.216. The zero-order valence-corrected chi connectivity index (χ0v) is 21.2. The van der Waals surface area contributed by atoms with Crippen molar-refractivity contribution in [1.82, 2.24) is 24.6 Å². The van der Waals surface area contributed by atoms with Crippen LogP contribution in [0.2, 0.25) is 0 Å². The van der Waals surface area contributed by atoms with Gasteiger partial charge in [-0.15, -0.1) is 0 Å². The van der Waals surface area contributed by atoms with E-state index in [1.54, 1.807) is 12.3 Å². The molecule has 0 atom stereocenters. The van der Waals surface area contributed by atoms with Crippen LogP contribution in [-0.4, -0.2) is 56.9 Å². The number of nitrogens with one attached hydrogen (secondary N) is 1. The molecule has 3 aromatic rings. The quantitative estimate of drug-likeness (QED) is 0.480. The number of piperidine rings is 1. The molecule has 35 heavy (non-hydrogen) atoms. The van der Waals surface area contributed by atoms with Crippen LogP contribution < -0.4 is 10.2 Å². The summed E-state index contributed by atoms with van der Waals surface area (Å²) in [5, 5.41) is 7.60. The van der Waals surface area contributed by atoms with Crippen molar-refractivity contribution in [3.63, 3.8) is 0 Å². The molecule has 186 valence electrons. The van der Waals surface area contributed by atoms with Crippen molar-refractivity contribution in [3.05, 3.63) is 48.2 Å². The Kier molecular flexibility index (Phi) is 6.73. The van der Waals surface area contributed by atoms with Crippen molar-refractivity contribution in [2.24, 2.45) is 0 Å². The number of halogens is 1. The Morgan fingerprint density at radius 1 is 1.09 bits per heavy atom. The maximum absolute atomic E-state index is 15.1. The molecule has 0 spiro atoms. The first-order chi connectivity index (χ1) is 16.9. The summed E-state index contributed by atoms with van der Waals surface area (Å²) >= 11 is 0. The fraction of sp³-hybridized carbons (Fsp3) is 0.519. The molecule has 0 radical (unpaired) electrons. The summed E-state index contributed by atoms with van der Waals surface area (Å²) in [5.41, 5.74) is 4.04. The highest BCUT2D eigenvalue weighted by molar-refractivity contribution is 5.65. The highest BCUT2D eigenvalue weighted by Crippen LogP contribution is 2.31. The standard InChI is InChI=1S/C27H36FN7/c1-18(2)35-17-20(16-30-35)26-19(3)15-29-27(32-26)31-21-8-9-25(24(28)14-21)34-12-10-23(11-13-34)33(4)22-6-5-7-22/h8-9,14-18,22-23H,5-7,10-13H2,1-4H3,(H,29,31,32). The van der Waals surface area contributed by atoms with Crippen LogP contribution in [0.3, 0.4) is 0 Å². The summed E-state index contributed by atoms with van der Waals surface area (Å²) in [4.78, 5) is 13.8. The van der Waals surface area contributed by atoms with Gasteiger partial charge in [0.05, 0.1) is 17.6 Å². The van der Waals surface area contributed by atoms with Crippen LogP contribution in [0.15, 0.2) is 36.8 Å². The van der Waals surface area contributed by atoms with Crippen LogP contribution in [0, 0.1) is 12.7 Å². The molecule has 1 aliphatic heterocycles. The van der Waals surface area contributed by atoms with Crippen LogP contribution in [0.1, 0.15) is 57.6 Å². The molecule has 0 unspecified atom stereocenters. The van der Waals surface area contributed by atoms with Crippen molar-refractivity contribution in [3.8, 4) is 11.3 Å². The number of benzene rings is 1. The van der Waals surface area contributed by atoms with Gasteiger partial charge in [0.15, 0.2) is 0 Å². The second-order valence-electron chi connectivity index (χ2n) is 10.3. The molecule has 2 aromatic heterocycles. The minimum absolute atomic E-state index is 0.216. The van der Waals surface area contributed by atoms with Crippen LogP contribution in [0.4, 0.5) is 21.7 Å². The van der Waals surface area contributed by atoms with Gasteiger partial charge in [-0.1, -0.05) is 6.42 Å². The Morgan fingerprint density at radius 3 is 2.46 bits per heavy atom. The second-order valence-corrected chi connectivity index (χ2v) is 10.3. The van der Waals surface area contributed by atoms with Crippen LogP contribution >= 0.6 is 0 Å². The lowest BCUT2D eigenvalue weighted by atomic mass is 9.89. The molecule has 5 rings (SSSR count). The fourth-order valence-electron chi connectivity index (χ4n) is 5.11. The zero-order chi connectivity index (χ0) is 24.5. The van der Waals surface area contributed by atoms with E-state index in [1.165, 1.54) is 19.3 Å². The normalized spacial score (nSPS) is 17.3. The molecule has 1 saturated heterocycles. The molecular formula is C27H36FN7. The van der Waals surface area contributed by atoms with Gasteiger partial charge in [-0.2, -0.15) is 5.10 Å². The van der Waals surface area contributed by atoms with Crippen LogP contribution in [0.25, 0.3) is 11.3 Å². The van der Waals surface area contributed by atoms with Crippen LogP contribution in [-0.2, 0) is 0 Å². The van der Waals surface area contributed by atoms with Gasteiger partial charge in [0, 0.05) is 54.9 Å². The van der Waals surface area contributed by atoms with Gasteiger partial charge in [0.25, 0.3) is 0 Å². The van der Waals surface area contributed by atoms with Crippen LogP contribution in [0.5, 0.6) is 0 Å². The molecule has 3 heterocycles. The molecule has 1 N–H and O–H groups in total. The Morgan fingerprint density at radius 2 is 1.83 bits per heavy atom. The van der Waals surface area contributed by atoms with Gasteiger partial charge < -0.3 is 15.1 Å². The van der Waals surface area contributed by atoms with Crippen molar-refractivity contribution in [2.45, 2.75) is 71.0 Å². The van der Waals surface area contributed by atoms with Crippen molar-refractivity contribution in [2.75, 3.05) is 30.4 Å². The number of hydrogen-bond acceptors (Lipinski definition) is 6. The monoisotopic (exact) mass is 477 g/mol. The Labute approximate surface area is 207 Å². The summed E-state index contributed by atoms with van der Waals surface area (Å²) in [6.45, 7) is 7.93. The fourth-order valence-corrected chi connectivity index (χ4v) is 5.11. The lowest BCUT2D eigenvalue weighted by Gasteiger charge is -2.44. The summed E-state index contributed by atoms with van der Waals surface area (Å²) in [5.74, 6) is 0.223. The van der Waals surface area contributed by atoms with E-state index in [0.717, 1.165) is 48.8 Å². The summed E-state index contributed by atoms with van der Waals surface area (Å²) < 4.78 is 17.0. The molecule has 2 fully saturated rings. The molecule has 1 saturated carbocycles. The van der Waals surface area contributed by atoms with Crippen molar-refractivity contribution in [1.29, 1.82) is 0 Å². The van der Waals surface area contributed by atoms with E-state index in [-0.39, 0.29) is 11.9 Å². The Hall–Kier alpha value is -3.00. The lowest BCUT2D eigenvalue weighted by molar-refractivity contribution is 0.0952. The van der Waals surface area contributed by atoms with E-state index in [2.05, 4.69) is 46.1 Å². The van der Waals surface area contributed by atoms with E-state index in [9.17, 15) is 0 Å². The first-order valence-electron chi connectivity index (χ1n) is 12.8. The van der Waals surface area contributed by atoms with Gasteiger partial charge in [-0.25, -0.2) is 14.4 Å². The Balaban J connectivity index is 1.25. The molecule has 7 nitrogen and oxygen atoms in total.